The van der Waals surface area contributed by atoms with Crippen LogP contribution in [-0.2, 0) is 5.75 Å². The third-order valence-electron chi connectivity index (χ3n) is 3.31. The fraction of sp³-hybridized carbons (Fsp3) is 0.294. The molecule has 2 unspecified atom stereocenters. The van der Waals surface area contributed by atoms with Crippen LogP contribution < -0.4 is 5.73 Å². The van der Waals surface area contributed by atoms with Gasteiger partial charge in [-0.3, -0.25) is 0 Å². The molecule has 0 saturated carbocycles. The molecule has 0 radical (unpaired) electrons. The monoisotopic (exact) mass is 305 g/mol. The van der Waals surface area contributed by atoms with Crippen molar-refractivity contribution in [3.8, 4) is 0 Å². The molecule has 0 bridgehead atoms. The Bertz CT molecular complexity index is 530. The van der Waals surface area contributed by atoms with E-state index in [1.165, 1.54) is 11.1 Å². The molecule has 2 aromatic rings. The number of rotatable bonds is 6. The van der Waals surface area contributed by atoms with Gasteiger partial charge in [-0.15, -0.1) is 11.8 Å². The maximum Gasteiger partial charge on any atom is 0.0452 e. The van der Waals surface area contributed by atoms with E-state index in [2.05, 4.69) is 37.3 Å². The standard InChI is InChI=1S/C17H20ClNS/c1-2-16(19)17(14-9-6-10-15(18)11-14)20-12-13-7-4-3-5-8-13/h3-11,16-17H,2,12,19H2,1H3. The number of benzene rings is 2. The Kier molecular flexibility index (Phi) is 5.96. The van der Waals surface area contributed by atoms with E-state index in [1.807, 2.05) is 36.0 Å². The highest BCUT2D eigenvalue weighted by atomic mass is 35.5. The van der Waals surface area contributed by atoms with Gasteiger partial charge in [0.15, 0.2) is 0 Å². The molecule has 0 aromatic heterocycles. The lowest BCUT2D eigenvalue weighted by Crippen LogP contribution is -2.25. The molecule has 20 heavy (non-hydrogen) atoms. The minimum absolute atomic E-state index is 0.141. The van der Waals surface area contributed by atoms with Crippen molar-refractivity contribution in [1.29, 1.82) is 0 Å². The summed E-state index contributed by atoms with van der Waals surface area (Å²) in [6.45, 7) is 2.13. The van der Waals surface area contributed by atoms with Crippen molar-refractivity contribution >= 4 is 23.4 Å². The average molecular weight is 306 g/mol. The molecule has 2 rings (SSSR count). The molecule has 0 aliphatic heterocycles. The normalized spacial score (nSPS) is 13.9. The van der Waals surface area contributed by atoms with Crippen LogP contribution in [0.1, 0.15) is 29.7 Å². The Morgan fingerprint density at radius 2 is 1.85 bits per heavy atom. The van der Waals surface area contributed by atoms with Gasteiger partial charge in [0.05, 0.1) is 0 Å². The van der Waals surface area contributed by atoms with Gasteiger partial charge >= 0.3 is 0 Å². The van der Waals surface area contributed by atoms with Gasteiger partial charge in [0.25, 0.3) is 0 Å². The van der Waals surface area contributed by atoms with E-state index in [-0.39, 0.29) is 11.3 Å². The third kappa shape index (κ3) is 4.27. The van der Waals surface area contributed by atoms with Crippen LogP contribution in [0.4, 0.5) is 0 Å². The SMILES string of the molecule is CCC(N)C(SCc1ccccc1)c1cccc(Cl)c1. The second kappa shape index (κ2) is 7.72. The molecule has 0 spiro atoms. The first-order valence-corrected chi connectivity index (χ1v) is 8.30. The van der Waals surface area contributed by atoms with Gasteiger partial charge in [-0.2, -0.15) is 0 Å². The van der Waals surface area contributed by atoms with Gasteiger partial charge in [-0.05, 0) is 29.7 Å². The van der Waals surface area contributed by atoms with Crippen molar-refractivity contribution in [2.24, 2.45) is 5.73 Å². The molecule has 0 heterocycles. The Balaban J connectivity index is 2.12. The topological polar surface area (TPSA) is 26.0 Å². The number of nitrogens with two attached hydrogens (primary N) is 1. The largest absolute Gasteiger partial charge is 0.326 e. The number of hydrogen-bond donors (Lipinski definition) is 1. The molecule has 2 aromatic carbocycles. The smallest absolute Gasteiger partial charge is 0.0452 e. The van der Waals surface area contributed by atoms with Crippen LogP contribution in [0.25, 0.3) is 0 Å². The minimum atomic E-state index is 0.141. The molecule has 2 atom stereocenters. The van der Waals surface area contributed by atoms with Crippen molar-refractivity contribution in [2.45, 2.75) is 30.4 Å². The van der Waals surface area contributed by atoms with E-state index < -0.39 is 0 Å². The molecular formula is C17H20ClNS. The third-order valence-corrected chi connectivity index (χ3v) is 5.03. The maximum absolute atomic E-state index is 6.30. The van der Waals surface area contributed by atoms with Gasteiger partial charge < -0.3 is 5.73 Å². The van der Waals surface area contributed by atoms with Crippen LogP contribution in [0.5, 0.6) is 0 Å². The summed E-state index contributed by atoms with van der Waals surface area (Å²) in [6, 6.07) is 18.7. The van der Waals surface area contributed by atoms with Crippen molar-refractivity contribution < 1.29 is 0 Å². The molecule has 3 heteroatoms. The quantitative estimate of drug-likeness (QED) is 0.808. The first-order chi connectivity index (χ1) is 9.70. The Morgan fingerprint density at radius 1 is 1.10 bits per heavy atom. The van der Waals surface area contributed by atoms with E-state index in [1.54, 1.807) is 0 Å². The highest BCUT2D eigenvalue weighted by molar-refractivity contribution is 7.98. The van der Waals surface area contributed by atoms with Crippen molar-refractivity contribution in [2.75, 3.05) is 0 Å². The molecule has 0 fully saturated rings. The fourth-order valence-electron chi connectivity index (χ4n) is 2.12. The Hall–Kier alpha value is -0.960. The highest BCUT2D eigenvalue weighted by Crippen LogP contribution is 2.35. The summed E-state index contributed by atoms with van der Waals surface area (Å²) in [6.07, 6.45) is 0.957. The van der Waals surface area contributed by atoms with Crippen molar-refractivity contribution in [1.82, 2.24) is 0 Å². The Morgan fingerprint density at radius 3 is 2.50 bits per heavy atom. The van der Waals surface area contributed by atoms with E-state index >= 15 is 0 Å². The first-order valence-electron chi connectivity index (χ1n) is 6.87. The van der Waals surface area contributed by atoms with E-state index in [0.29, 0.717) is 0 Å². The number of thioether (sulfide) groups is 1. The summed E-state index contributed by atoms with van der Waals surface area (Å²) in [7, 11) is 0. The summed E-state index contributed by atoms with van der Waals surface area (Å²) in [5.41, 5.74) is 8.84. The molecule has 0 aliphatic carbocycles. The zero-order valence-corrected chi connectivity index (χ0v) is 13.2. The van der Waals surface area contributed by atoms with Crippen LogP contribution in [0.3, 0.4) is 0 Å². The van der Waals surface area contributed by atoms with Crippen LogP contribution >= 0.6 is 23.4 Å². The Labute approximate surface area is 130 Å². The van der Waals surface area contributed by atoms with Crippen LogP contribution in [0.15, 0.2) is 54.6 Å². The molecule has 106 valence electrons. The molecule has 2 N–H and O–H groups in total. The number of halogens is 1. The first kappa shape index (κ1) is 15.4. The highest BCUT2D eigenvalue weighted by Gasteiger charge is 2.19. The molecule has 0 saturated heterocycles. The van der Waals surface area contributed by atoms with Crippen LogP contribution in [0.2, 0.25) is 5.02 Å². The second-order valence-corrected chi connectivity index (χ2v) is 6.41. The van der Waals surface area contributed by atoms with Crippen molar-refractivity contribution in [3.05, 3.63) is 70.7 Å². The molecule has 1 nitrogen and oxygen atoms in total. The van der Waals surface area contributed by atoms with Gasteiger partial charge in [0.1, 0.15) is 0 Å². The van der Waals surface area contributed by atoms with Gasteiger partial charge in [-0.1, -0.05) is 61.0 Å². The van der Waals surface area contributed by atoms with Crippen molar-refractivity contribution in [3.63, 3.8) is 0 Å². The van der Waals surface area contributed by atoms with E-state index in [4.69, 9.17) is 17.3 Å². The summed E-state index contributed by atoms with van der Waals surface area (Å²) >= 11 is 7.99. The summed E-state index contributed by atoms with van der Waals surface area (Å²) < 4.78 is 0. The second-order valence-electron chi connectivity index (χ2n) is 4.84. The zero-order valence-electron chi connectivity index (χ0n) is 11.6. The van der Waals surface area contributed by atoms with E-state index in [0.717, 1.165) is 17.2 Å². The molecule has 0 amide bonds. The fourth-order valence-corrected chi connectivity index (χ4v) is 3.67. The summed E-state index contributed by atoms with van der Waals surface area (Å²) in [5.74, 6) is 0.964. The average Bonchev–Trinajstić information content (AvgIpc) is 2.48. The summed E-state index contributed by atoms with van der Waals surface area (Å²) in [5, 5.41) is 1.05. The lowest BCUT2D eigenvalue weighted by atomic mass is 10.0. The minimum Gasteiger partial charge on any atom is -0.326 e. The summed E-state index contributed by atoms with van der Waals surface area (Å²) in [4.78, 5) is 0. The molecular weight excluding hydrogens is 286 g/mol. The predicted octanol–water partition coefficient (Wildman–Crippen LogP) is 5.05. The van der Waals surface area contributed by atoms with Crippen LogP contribution in [-0.4, -0.2) is 6.04 Å². The van der Waals surface area contributed by atoms with Crippen LogP contribution in [0, 0.1) is 0 Å². The van der Waals surface area contributed by atoms with Gasteiger partial charge in [0.2, 0.25) is 0 Å². The lowest BCUT2D eigenvalue weighted by molar-refractivity contribution is 0.634. The number of hydrogen-bond acceptors (Lipinski definition) is 2. The zero-order chi connectivity index (χ0) is 14.4. The predicted molar refractivity (Wildman–Crippen MR) is 90.2 cm³/mol. The maximum atomic E-state index is 6.30. The lowest BCUT2D eigenvalue weighted by Gasteiger charge is -2.23. The van der Waals surface area contributed by atoms with E-state index in [9.17, 15) is 0 Å². The molecule has 0 aliphatic rings. The van der Waals surface area contributed by atoms with Gasteiger partial charge in [-0.25, -0.2) is 0 Å². The van der Waals surface area contributed by atoms with Gasteiger partial charge in [0, 0.05) is 22.1 Å².